The molecule has 0 aliphatic carbocycles. The van der Waals surface area contributed by atoms with E-state index in [1.807, 2.05) is 0 Å². The molecular weight excluding hydrogens is 316 g/mol. The first-order chi connectivity index (χ1) is 12.4. The number of aromatic amines is 2. The molecule has 26 heavy (non-hydrogen) atoms. The van der Waals surface area contributed by atoms with Crippen molar-refractivity contribution < 1.29 is 0 Å². The van der Waals surface area contributed by atoms with E-state index >= 15 is 0 Å². The smallest absolute Gasteiger partial charge is 0.0659 e. The zero-order valence-corrected chi connectivity index (χ0v) is 16.5. The van der Waals surface area contributed by atoms with Gasteiger partial charge < -0.3 is 9.97 Å². The Kier molecular flexibility index (Phi) is 3.80. The number of hydrogen-bond acceptors (Lipinski definition) is 0. The minimum atomic E-state index is 1.21. The van der Waals surface area contributed by atoms with Crippen LogP contribution in [0.25, 0.3) is 32.8 Å². The van der Waals surface area contributed by atoms with Crippen molar-refractivity contribution in [2.75, 3.05) is 0 Å². The Hall–Kier alpha value is -2.74. The summed E-state index contributed by atoms with van der Waals surface area (Å²) in [4.78, 5) is 7.41. The van der Waals surface area contributed by atoms with Crippen LogP contribution in [-0.2, 0) is 0 Å². The van der Waals surface area contributed by atoms with Gasteiger partial charge in [0.05, 0.1) is 11.0 Å². The zero-order chi connectivity index (χ0) is 18.6. The average molecular weight is 342 g/mol. The molecule has 0 spiro atoms. The topological polar surface area (TPSA) is 31.6 Å². The second-order valence-electron chi connectivity index (χ2n) is 7.53. The first-order valence-electron chi connectivity index (χ1n) is 9.23. The molecule has 0 fully saturated rings. The molecule has 2 nitrogen and oxygen atoms in total. The standard InChI is InChI=1S/C24H26N2/c1-13-11-19-9-7-8-10-20(19)12-14(2)22-16(4)18(6)24(26-22)23-17(5)15(3)21(13)25-23/h7-12,25-26H,1-6H3. The van der Waals surface area contributed by atoms with Gasteiger partial charge in [0.15, 0.2) is 0 Å². The third-order valence-electron chi connectivity index (χ3n) is 5.90. The van der Waals surface area contributed by atoms with Crippen LogP contribution >= 0.6 is 0 Å². The van der Waals surface area contributed by atoms with Gasteiger partial charge in [-0.3, -0.25) is 0 Å². The van der Waals surface area contributed by atoms with Crippen molar-refractivity contribution in [2.24, 2.45) is 0 Å². The summed E-state index contributed by atoms with van der Waals surface area (Å²) >= 11 is 0. The lowest BCUT2D eigenvalue weighted by molar-refractivity contribution is 1.41. The summed E-state index contributed by atoms with van der Waals surface area (Å²) in [6, 6.07) is 13.2. The maximum absolute atomic E-state index is 3.71. The Bertz CT molecular complexity index is 1140. The average Bonchev–Trinajstić information content (AvgIpc) is 3.07. The number of H-pyrrole nitrogens is 2. The molecule has 0 saturated heterocycles. The van der Waals surface area contributed by atoms with Crippen LogP contribution in [0.4, 0.5) is 0 Å². The SMILES string of the molecule is Cc1cc2ccccc2cc(C)c2[nH]c(c(C)c2C)c2[nH]c1c(C)c2C. The quantitative estimate of drug-likeness (QED) is 0.353. The molecule has 0 saturated carbocycles. The Morgan fingerprint density at radius 1 is 0.500 bits per heavy atom. The molecule has 1 aromatic carbocycles. The van der Waals surface area contributed by atoms with Crippen LogP contribution in [0.2, 0.25) is 0 Å². The first-order valence-corrected chi connectivity index (χ1v) is 9.23. The summed E-state index contributed by atoms with van der Waals surface area (Å²) in [5.74, 6) is 0. The fraction of sp³-hybridized carbons (Fsp3) is 0.250. The number of aryl methyl sites for hydroxylation is 6. The molecule has 2 heteroatoms. The third kappa shape index (κ3) is 2.40. The molecule has 0 atom stereocenters. The van der Waals surface area contributed by atoms with Crippen molar-refractivity contribution in [3.05, 3.63) is 69.8 Å². The van der Waals surface area contributed by atoms with Gasteiger partial charge in [-0.1, -0.05) is 24.3 Å². The second kappa shape index (κ2) is 5.91. The Morgan fingerprint density at radius 3 is 1.23 bits per heavy atom. The second-order valence-corrected chi connectivity index (χ2v) is 7.53. The first kappa shape index (κ1) is 16.7. The predicted octanol–water partition coefficient (Wildman–Crippen LogP) is 6.78. The zero-order valence-electron chi connectivity index (χ0n) is 16.5. The van der Waals surface area contributed by atoms with Gasteiger partial charge in [0.25, 0.3) is 0 Å². The normalized spacial score (nSPS) is 11.5. The number of nitrogens with one attached hydrogen (secondary N) is 2. The highest BCUT2D eigenvalue weighted by molar-refractivity contribution is 5.92. The number of rotatable bonds is 0. The van der Waals surface area contributed by atoms with Crippen molar-refractivity contribution in [3.63, 3.8) is 0 Å². The van der Waals surface area contributed by atoms with Crippen molar-refractivity contribution in [1.82, 2.24) is 9.97 Å². The molecule has 3 aromatic heterocycles. The van der Waals surface area contributed by atoms with Crippen LogP contribution in [0.15, 0.2) is 36.4 Å². The molecular formula is C24H26N2. The molecule has 2 N–H and O–H groups in total. The largest absolute Gasteiger partial charge is 0.353 e. The highest BCUT2D eigenvalue weighted by Crippen LogP contribution is 2.30. The molecule has 4 rings (SSSR count). The van der Waals surface area contributed by atoms with Gasteiger partial charge in [0.1, 0.15) is 0 Å². The van der Waals surface area contributed by atoms with Gasteiger partial charge in [-0.2, -0.15) is 0 Å². The minimum absolute atomic E-state index is 1.21. The van der Waals surface area contributed by atoms with E-state index in [9.17, 15) is 0 Å². The monoisotopic (exact) mass is 342 g/mol. The van der Waals surface area contributed by atoms with Crippen LogP contribution in [0, 0.1) is 41.5 Å². The highest BCUT2D eigenvalue weighted by Gasteiger charge is 2.12. The maximum atomic E-state index is 3.71. The molecule has 0 unspecified atom stereocenters. The highest BCUT2D eigenvalue weighted by atomic mass is 14.8. The summed E-state index contributed by atoms with van der Waals surface area (Å²) in [5, 5.41) is 2.50. The molecule has 4 aromatic rings. The number of benzene rings is 1. The predicted molar refractivity (Wildman–Crippen MR) is 114 cm³/mol. The fourth-order valence-electron chi connectivity index (χ4n) is 4.05. The van der Waals surface area contributed by atoms with E-state index in [4.69, 9.17) is 0 Å². The van der Waals surface area contributed by atoms with Crippen LogP contribution in [0.5, 0.6) is 0 Å². The summed E-state index contributed by atoms with van der Waals surface area (Å²) in [7, 11) is 0. The maximum Gasteiger partial charge on any atom is 0.0659 e. The van der Waals surface area contributed by atoms with E-state index in [0.29, 0.717) is 0 Å². The summed E-state index contributed by atoms with van der Waals surface area (Å²) in [5.41, 5.74) is 12.7. The van der Waals surface area contributed by atoms with Crippen LogP contribution < -0.4 is 0 Å². The Morgan fingerprint density at radius 2 is 0.846 bits per heavy atom. The van der Waals surface area contributed by atoms with Gasteiger partial charge in [-0.05, 0) is 97.8 Å². The van der Waals surface area contributed by atoms with E-state index in [1.165, 1.54) is 66.2 Å². The van der Waals surface area contributed by atoms with Crippen LogP contribution in [-0.4, -0.2) is 9.97 Å². The molecule has 0 radical (unpaired) electrons. The Balaban J connectivity index is 2.39. The van der Waals surface area contributed by atoms with E-state index in [-0.39, 0.29) is 0 Å². The molecule has 132 valence electrons. The van der Waals surface area contributed by atoms with Crippen molar-refractivity contribution in [1.29, 1.82) is 0 Å². The van der Waals surface area contributed by atoms with Gasteiger partial charge in [0.2, 0.25) is 0 Å². The summed E-state index contributed by atoms with van der Waals surface area (Å²) < 4.78 is 0. The lowest BCUT2D eigenvalue weighted by atomic mass is 10.1. The fourth-order valence-corrected chi connectivity index (χ4v) is 4.05. The van der Waals surface area contributed by atoms with E-state index < -0.39 is 0 Å². The molecule has 0 aliphatic heterocycles. The van der Waals surface area contributed by atoms with Crippen molar-refractivity contribution in [2.45, 2.75) is 41.5 Å². The van der Waals surface area contributed by atoms with Crippen LogP contribution in [0.1, 0.15) is 33.4 Å². The van der Waals surface area contributed by atoms with Gasteiger partial charge in [-0.15, -0.1) is 0 Å². The van der Waals surface area contributed by atoms with E-state index in [2.05, 4.69) is 87.9 Å². The summed E-state index contributed by atoms with van der Waals surface area (Å²) in [6.45, 7) is 13.2. The number of fused-ring (bicyclic) bond motifs is 6. The minimum Gasteiger partial charge on any atom is -0.353 e. The van der Waals surface area contributed by atoms with E-state index in [1.54, 1.807) is 0 Å². The van der Waals surface area contributed by atoms with Gasteiger partial charge in [0, 0.05) is 11.0 Å². The van der Waals surface area contributed by atoms with Crippen LogP contribution in [0.3, 0.4) is 0 Å². The van der Waals surface area contributed by atoms with Gasteiger partial charge >= 0.3 is 0 Å². The van der Waals surface area contributed by atoms with Gasteiger partial charge in [-0.25, -0.2) is 0 Å². The third-order valence-corrected chi connectivity index (χ3v) is 5.90. The Labute approximate surface area is 154 Å². The van der Waals surface area contributed by atoms with Crippen molar-refractivity contribution >= 4 is 32.8 Å². The van der Waals surface area contributed by atoms with Crippen molar-refractivity contribution in [3.8, 4) is 0 Å². The molecule has 4 bridgehead atoms. The summed E-state index contributed by atoms with van der Waals surface area (Å²) in [6.07, 6.45) is 0. The lowest BCUT2D eigenvalue weighted by Gasteiger charge is -1.98. The lowest BCUT2D eigenvalue weighted by Crippen LogP contribution is -1.78. The molecule has 0 amide bonds. The van der Waals surface area contributed by atoms with E-state index in [0.717, 1.165) is 0 Å². The molecule has 0 aliphatic rings. The number of hydrogen-bond donors (Lipinski definition) is 2. The number of aromatic nitrogens is 2. The molecule has 3 heterocycles.